The van der Waals surface area contributed by atoms with Gasteiger partial charge >= 0.3 is 5.97 Å². The average molecular weight is 268 g/mol. The van der Waals surface area contributed by atoms with Crippen molar-refractivity contribution in [1.82, 2.24) is 9.38 Å². The topological polar surface area (TPSA) is 43.6 Å². The lowest BCUT2D eigenvalue weighted by Crippen LogP contribution is -2.13. The van der Waals surface area contributed by atoms with Crippen LogP contribution in [0.25, 0.3) is 16.6 Å². The van der Waals surface area contributed by atoms with E-state index in [4.69, 9.17) is 4.74 Å². The van der Waals surface area contributed by atoms with Crippen molar-refractivity contribution in [3.8, 4) is 0 Å². The molecule has 4 heteroatoms. The van der Waals surface area contributed by atoms with Crippen molar-refractivity contribution in [2.24, 2.45) is 5.92 Å². The Balaban J connectivity index is 2.13. The minimum Gasteiger partial charge on any atom is -0.461 e. The molecule has 2 heterocycles. The van der Waals surface area contributed by atoms with Crippen molar-refractivity contribution in [2.45, 2.75) is 13.8 Å². The summed E-state index contributed by atoms with van der Waals surface area (Å²) in [5.41, 5.74) is 2.91. The van der Waals surface area contributed by atoms with E-state index in [1.165, 1.54) is 0 Å². The summed E-state index contributed by atoms with van der Waals surface area (Å²) in [5.74, 6) is -0.0598. The van der Waals surface area contributed by atoms with Crippen LogP contribution in [0.4, 0.5) is 0 Å². The molecule has 0 fully saturated rings. The molecule has 1 aromatic carbocycles. The van der Waals surface area contributed by atoms with E-state index in [1.807, 2.05) is 60.8 Å². The maximum atomic E-state index is 12.2. The number of hydrogen-bond donors (Lipinski definition) is 0. The molecule has 4 nitrogen and oxygen atoms in total. The lowest BCUT2D eigenvalue weighted by Gasteiger charge is -2.09. The standard InChI is InChI=1S/C16H16N2O2/c1-11(2)10-20-16(19)15-14-8-5-9-18(14)13-7-4-3-6-12(13)17-15/h3-9,11H,10H2,1-2H3. The number of esters is 1. The number of carbonyl (C=O) groups is 1. The van der Waals surface area contributed by atoms with Gasteiger partial charge in [0.25, 0.3) is 0 Å². The van der Waals surface area contributed by atoms with Crippen LogP contribution in [0.3, 0.4) is 0 Å². The Morgan fingerprint density at radius 2 is 1.95 bits per heavy atom. The second-order valence-corrected chi connectivity index (χ2v) is 5.20. The SMILES string of the molecule is CC(C)COC(=O)c1nc2ccccc2n2cccc12. The zero-order valence-corrected chi connectivity index (χ0v) is 11.5. The minimum absolute atomic E-state index is 0.308. The number of ether oxygens (including phenoxy) is 1. The Labute approximate surface area is 117 Å². The monoisotopic (exact) mass is 268 g/mol. The first-order valence-corrected chi connectivity index (χ1v) is 6.70. The molecule has 0 N–H and O–H groups in total. The number of carbonyl (C=O) groups excluding carboxylic acids is 1. The van der Waals surface area contributed by atoms with Crippen LogP contribution in [-0.2, 0) is 4.74 Å². The maximum absolute atomic E-state index is 12.2. The van der Waals surface area contributed by atoms with Crippen LogP contribution in [-0.4, -0.2) is 22.0 Å². The third-order valence-electron chi connectivity index (χ3n) is 3.11. The third-order valence-corrected chi connectivity index (χ3v) is 3.11. The third kappa shape index (κ3) is 2.13. The van der Waals surface area contributed by atoms with E-state index in [1.54, 1.807) is 0 Å². The van der Waals surface area contributed by atoms with E-state index in [0.717, 1.165) is 16.6 Å². The highest BCUT2D eigenvalue weighted by Gasteiger charge is 2.16. The van der Waals surface area contributed by atoms with Gasteiger partial charge in [-0.3, -0.25) is 0 Å². The van der Waals surface area contributed by atoms with Crippen molar-refractivity contribution in [1.29, 1.82) is 0 Å². The van der Waals surface area contributed by atoms with E-state index in [2.05, 4.69) is 4.98 Å². The summed E-state index contributed by atoms with van der Waals surface area (Å²) in [6.07, 6.45) is 1.93. The van der Waals surface area contributed by atoms with Crippen molar-refractivity contribution < 1.29 is 9.53 Å². The lowest BCUT2D eigenvalue weighted by molar-refractivity contribution is 0.0454. The molecule has 0 aliphatic rings. The molecule has 0 saturated carbocycles. The Hall–Kier alpha value is -2.36. The summed E-state index contributed by atoms with van der Waals surface area (Å²) in [6.45, 7) is 4.42. The van der Waals surface area contributed by atoms with Crippen LogP contribution in [0, 0.1) is 5.92 Å². The normalized spacial score (nSPS) is 11.3. The largest absolute Gasteiger partial charge is 0.461 e. The molecule has 0 aliphatic heterocycles. The Bertz CT molecular complexity index is 774. The fourth-order valence-corrected chi connectivity index (χ4v) is 2.19. The van der Waals surface area contributed by atoms with Gasteiger partial charge in [-0.25, -0.2) is 9.78 Å². The molecule has 0 bridgehead atoms. The first-order chi connectivity index (χ1) is 9.66. The van der Waals surface area contributed by atoms with Crippen molar-refractivity contribution in [2.75, 3.05) is 6.61 Å². The first kappa shape index (κ1) is 12.7. The molecule has 20 heavy (non-hydrogen) atoms. The van der Waals surface area contributed by atoms with Gasteiger partial charge in [0.05, 0.1) is 23.2 Å². The van der Waals surface area contributed by atoms with Crippen LogP contribution < -0.4 is 0 Å². The molecule has 0 saturated heterocycles. The molecule has 2 aromatic heterocycles. The van der Waals surface area contributed by atoms with Gasteiger partial charge in [0.2, 0.25) is 0 Å². The van der Waals surface area contributed by atoms with Crippen LogP contribution in [0.15, 0.2) is 42.6 Å². The molecule has 0 radical (unpaired) electrons. The van der Waals surface area contributed by atoms with E-state index >= 15 is 0 Å². The van der Waals surface area contributed by atoms with Gasteiger partial charge in [-0.1, -0.05) is 26.0 Å². The predicted molar refractivity (Wildman–Crippen MR) is 77.8 cm³/mol. The number of nitrogens with zero attached hydrogens (tertiary/aromatic N) is 2. The molecule has 0 atom stereocenters. The Morgan fingerprint density at radius 1 is 1.20 bits per heavy atom. The van der Waals surface area contributed by atoms with Crippen LogP contribution in [0.1, 0.15) is 24.3 Å². The van der Waals surface area contributed by atoms with Gasteiger partial charge in [-0.15, -0.1) is 0 Å². The highest BCUT2D eigenvalue weighted by Crippen LogP contribution is 2.19. The molecular weight excluding hydrogens is 252 g/mol. The fraction of sp³-hybridized carbons (Fsp3) is 0.250. The number of benzene rings is 1. The van der Waals surface area contributed by atoms with Crippen LogP contribution >= 0.6 is 0 Å². The zero-order valence-electron chi connectivity index (χ0n) is 11.5. The van der Waals surface area contributed by atoms with Gasteiger partial charge in [0.15, 0.2) is 5.69 Å². The minimum atomic E-state index is -0.367. The number of aromatic nitrogens is 2. The second-order valence-electron chi connectivity index (χ2n) is 5.20. The highest BCUT2D eigenvalue weighted by molar-refractivity contribution is 5.98. The Kier molecular flexibility index (Phi) is 3.14. The highest BCUT2D eigenvalue weighted by atomic mass is 16.5. The average Bonchev–Trinajstić information content (AvgIpc) is 2.93. The molecular formula is C16H16N2O2. The van der Waals surface area contributed by atoms with E-state index in [-0.39, 0.29) is 5.97 Å². The quantitative estimate of drug-likeness (QED) is 0.684. The van der Waals surface area contributed by atoms with E-state index in [0.29, 0.717) is 18.2 Å². The zero-order chi connectivity index (χ0) is 14.1. The smallest absolute Gasteiger partial charge is 0.359 e. The molecule has 0 amide bonds. The van der Waals surface area contributed by atoms with Crippen molar-refractivity contribution >= 4 is 22.5 Å². The van der Waals surface area contributed by atoms with Gasteiger partial charge in [0, 0.05) is 6.20 Å². The van der Waals surface area contributed by atoms with Crippen LogP contribution in [0.5, 0.6) is 0 Å². The van der Waals surface area contributed by atoms with Crippen molar-refractivity contribution in [3.05, 3.63) is 48.3 Å². The molecule has 3 aromatic rings. The molecule has 0 aliphatic carbocycles. The first-order valence-electron chi connectivity index (χ1n) is 6.70. The fourth-order valence-electron chi connectivity index (χ4n) is 2.19. The summed E-state index contributed by atoms with van der Waals surface area (Å²) >= 11 is 0. The van der Waals surface area contributed by atoms with Gasteiger partial charge < -0.3 is 9.14 Å². The summed E-state index contributed by atoms with van der Waals surface area (Å²) in [7, 11) is 0. The number of fused-ring (bicyclic) bond motifs is 3. The van der Waals surface area contributed by atoms with Crippen LogP contribution in [0.2, 0.25) is 0 Å². The van der Waals surface area contributed by atoms with Gasteiger partial charge in [-0.2, -0.15) is 0 Å². The van der Waals surface area contributed by atoms with E-state index in [9.17, 15) is 4.79 Å². The number of rotatable bonds is 3. The Morgan fingerprint density at radius 3 is 2.75 bits per heavy atom. The summed E-state index contributed by atoms with van der Waals surface area (Å²) in [6, 6.07) is 11.5. The van der Waals surface area contributed by atoms with Gasteiger partial charge in [0.1, 0.15) is 0 Å². The predicted octanol–water partition coefficient (Wildman–Crippen LogP) is 3.30. The van der Waals surface area contributed by atoms with Crippen molar-refractivity contribution in [3.63, 3.8) is 0 Å². The summed E-state index contributed by atoms with van der Waals surface area (Å²) in [4.78, 5) is 16.7. The second kappa shape index (κ2) is 4.96. The van der Waals surface area contributed by atoms with Gasteiger partial charge in [-0.05, 0) is 30.2 Å². The maximum Gasteiger partial charge on any atom is 0.359 e. The number of hydrogen-bond acceptors (Lipinski definition) is 3. The van der Waals surface area contributed by atoms with E-state index < -0.39 is 0 Å². The molecule has 0 spiro atoms. The summed E-state index contributed by atoms with van der Waals surface area (Å²) < 4.78 is 7.27. The summed E-state index contributed by atoms with van der Waals surface area (Å²) in [5, 5.41) is 0. The number of para-hydroxylation sites is 2. The lowest BCUT2D eigenvalue weighted by atomic mass is 10.2. The molecule has 0 unspecified atom stereocenters. The molecule has 102 valence electrons. The molecule has 3 rings (SSSR count).